The molecule has 3 aromatic rings. The van der Waals surface area contributed by atoms with E-state index in [0.29, 0.717) is 17.0 Å². The van der Waals surface area contributed by atoms with E-state index in [1.54, 1.807) is 24.3 Å². The Hall–Kier alpha value is -3.16. The van der Waals surface area contributed by atoms with E-state index in [0.717, 1.165) is 16.0 Å². The van der Waals surface area contributed by atoms with Crippen molar-refractivity contribution in [3.63, 3.8) is 0 Å². The summed E-state index contributed by atoms with van der Waals surface area (Å²) in [6.07, 6.45) is 2.69. The second-order valence-electron chi connectivity index (χ2n) is 6.24. The molecule has 8 heteroatoms. The summed E-state index contributed by atoms with van der Waals surface area (Å²) < 4.78 is 52.4. The SMILES string of the molecule is Cc1cc2cc(OCC3=CC=CN(c4cn[nH]c4)C3C(F)(F)F)ccc2o1. The molecular weight excluding hydrogens is 359 g/mol. The van der Waals surface area contributed by atoms with Crippen LogP contribution in [0.5, 0.6) is 5.75 Å². The van der Waals surface area contributed by atoms with Crippen LogP contribution < -0.4 is 9.64 Å². The Bertz CT molecular complexity index is 1000. The maximum atomic E-state index is 13.8. The van der Waals surface area contributed by atoms with Crippen molar-refractivity contribution < 1.29 is 22.3 Å². The van der Waals surface area contributed by atoms with Crippen LogP contribution in [0.15, 0.2) is 65.0 Å². The van der Waals surface area contributed by atoms with Crippen molar-refractivity contribution in [1.29, 1.82) is 0 Å². The highest BCUT2D eigenvalue weighted by molar-refractivity contribution is 5.79. The number of fused-ring (bicyclic) bond motifs is 1. The van der Waals surface area contributed by atoms with Gasteiger partial charge in [0.15, 0.2) is 6.04 Å². The molecule has 1 aromatic carbocycles. The van der Waals surface area contributed by atoms with Gasteiger partial charge in [-0.2, -0.15) is 18.3 Å². The van der Waals surface area contributed by atoms with E-state index in [1.807, 2.05) is 13.0 Å². The second-order valence-corrected chi connectivity index (χ2v) is 6.24. The minimum absolute atomic E-state index is 0.106. The zero-order valence-electron chi connectivity index (χ0n) is 14.3. The monoisotopic (exact) mass is 375 g/mol. The lowest BCUT2D eigenvalue weighted by molar-refractivity contribution is -0.140. The smallest absolute Gasteiger partial charge is 0.413 e. The zero-order chi connectivity index (χ0) is 19.0. The maximum absolute atomic E-state index is 13.8. The summed E-state index contributed by atoms with van der Waals surface area (Å²) >= 11 is 0. The number of nitrogens with zero attached hydrogens (tertiary/aromatic N) is 2. The number of anilines is 1. The van der Waals surface area contributed by atoms with Crippen molar-refractivity contribution >= 4 is 16.7 Å². The predicted octanol–water partition coefficient (Wildman–Crippen LogP) is 4.73. The van der Waals surface area contributed by atoms with Crippen molar-refractivity contribution in [2.75, 3.05) is 11.5 Å². The molecule has 1 aliphatic heterocycles. The van der Waals surface area contributed by atoms with Crippen LogP contribution in [-0.4, -0.2) is 29.0 Å². The Morgan fingerprint density at radius 1 is 1.30 bits per heavy atom. The van der Waals surface area contributed by atoms with Gasteiger partial charge >= 0.3 is 6.18 Å². The van der Waals surface area contributed by atoms with Gasteiger partial charge < -0.3 is 14.1 Å². The number of aromatic nitrogens is 2. The molecule has 0 saturated carbocycles. The van der Waals surface area contributed by atoms with Gasteiger partial charge in [0, 0.05) is 17.8 Å². The normalized spacial score (nSPS) is 17.4. The molecule has 27 heavy (non-hydrogen) atoms. The molecule has 0 aliphatic carbocycles. The molecule has 0 amide bonds. The third kappa shape index (κ3) is 3.42. The topological polar surface area (TPSA) is 54.3 Å². The number of benzene rings is 1. The number of halogens is 3. The second kappa shape index (κ2) is 6.53. The number of hydrogen-bond acceptors (Lipinski definition) is 4. The van der Waals surface area contributed by atoms with Crippen LogP contribution in [0.2, 0.25) is 0 Å². The summed E-state index contributed by atoms with van der Waals surface area (Å²) in [4.78, 5) is 1.13. The number of rotatable bonds is 4. The minimum Gasteiger partial charge on any atom is -0.489 e. The molecule has 3 heterocycles. The number of allylic oxidation sites excluding steroid dienone is 2. The lowest BCUT2D eigenvalue weighted by Crippen LogP contribution is -2.46. The molecule has 0 fully saturated rings. The first-order valence-corrected chi connectivity index (χ1v) is 8.26. The van der Waals surface area contributed by atoms with Crippen molar-refractivity contribution in [1.82, 2.24) is 10.2 Å². The fourth-order valence-electron chi connectivity index (χ4n) is 3.14. The molecule has 0 saturated heterocycles. The van der Waals surface area contributed by atoms with Gasteiger partial charge in [0.1, 0.15) is 23.7 Å². The van der Waals surface area contributed by atoms with Crippen molar-refractivity contribution in [2.24, 2.45) is 0 Å². The fourth-order valence-corrected chi connectivity index (χ4v) is 3.14. The molecular formula is C19H16F3N3O2. The van der Waals surface area contributed by atoms with Crippen LogP contribution in [0, 0.1) is 6.92 Å². The number of aryl methyl sites for hydroxylation is 1. The first-order valence-electron chi connectivity index (χ1n) is 8.26. The van der Waals surface area contributed by atoms with Crippen molar-refractivity contribution in [3.05, 3.63) is 66.3 Å². The van der Waals surface area contributed by atoms with E-state index in [4.69, 9.17) is 9.15 Å². The summed E-state index contributed by atoms with van der Waals surface area (Å²) in [5.41, 5.74) is 1.14. The van der Waals surface area contributed by atoms with E-state index < -0.39 is 12.2 Å². The lowest BCUT2D eigenvalue weighted by atomic mass is 10.0. The molecule has 1 aliphatic rings. The largest absolute Gasteiger partial charge is 0.489 e. The molecule has 0 radical (unpaired) electrons. The third-order valence-corrected chi connectivity index (χ3v) is 4.29. The van der Waals surface area contributed by atoms with Crippen LogP contribution in [0.25, 0.3) is 11.0 Å². The van der Waals surface area contributed by atoms with E-state index in [1.165, 1.54) is 24.7 Å². The standard InChI is InChI=1S/C19H16F3N3O2/c1-12-7-14-8-16(4-5-17(14)27-12)26-11-13-3-2-6-25(15-9-23-24-10-15)18(13)19(20,21)22/h2-10,18H,11H2,1H3,(H,23,24). The van der Waals surface area contributed by atoms with Gasteiger partial charge in [0.2, 0.25) is 0 Å². The highest BCUT2D eigenvalue weighted by Gasteiger charge is 2.46. The Morgan fingerprint density at radius 3 is 2.89 bits per heavy atom. The number of H-pyrrole nitrogens is 1. The zero-order valence-corrected chi connectivity index (χ0v) is 14.3. The van der Waals surface area contributed by atoms with Gasteiger partial charge in [-0.15, -0.1) is 0 Å². The molecule has 1 unspecified atom stereocenters. The molecule has 1 N–H and O–H groups in total. The summed E-state index contributed by atoms with van der Waals surface area (Å²) in [6.45, 7) is 1.64. The van der Waals surface area contributed by atoms with Gasteiger partial charge in [-0.1, -0.05) is 6.08 Å². The van der Waals surface area contributed by atoms with Gasteiger partial charge in [-0.25, -0.2) is 0 Å². The number of hydrogen-bond donors (Lipinski definition) is 1. The number of furan rings is 1. The van der Waals surface area contributed by atoms with Gasteiger partial charge in [-0.3, -0.25) is 5.10 Å². The quantitative estimate of drug-likeness (QED) is 0.716. The maximum Gasteiger partial charge on any atom is 0.413 e. The van der Waals surface area contributed by atoms with E-state index in [-0.39, 0.29) is 12.2 Å². The number of ether oxygens (including phenoxy) is 1. The Kier molecular flexibility index (Phi) is 4.18. The predicted molar refractivity (Wildman–Crippen MR) is 94.6 cm³/mol. The van der Waals surface area contributed by atoms with Crippen LogP contribution in [0.4, 0.5) is 18.9 Å². The number of nitrogens with one attached hydrogen (secondary N) is 1. The van der Waals surface area contributed by atoms with E-state index in [9.17, 15) is 13.2 Å². The molecule has 140 valence electrons. The third-order valence-electron chi connectivity index (χ3n) is 4.29. The lowest BCUT2D eigenvalue weighted by Gasteiger charge is -2.34. The average Bonchev–Trinajstić information content (AvgIpc) is 3.27. The van der Waals surface area contributed by atoms with E-state index in [2.05, 4.69) is 10.2 Å². The van der Waals surface area contributed by atoms with Crippen LogP contribution in [0.1, 0.15) is 5.76 Å². The highest BCUT2D eigenvalue weighted by Crippen LogP contribution is 2.35. The van der Waals surface area contributed by atoms with Gasteiger partial charge in [0.25, 0.3) is 0 Å². The Balaban J connectivity index is 1.57. The summed E-state index contributed by atoms with van der Waals surface area (Å²) in [5.74, 6) is 1.24. The van der Waals surface area contributed by atoms with Gasteiger partial charge in [0.05, 0.1) is 11.9 Å². The molecule has 4 rings (SSSR count). The first-order chi connectivity index (χ1) is 12.9. The Morgan fingerprint density at radius 2 is 2.15 bits per heavy atom. The molecule has 0 spiro atoms. The average molecular weight is 375 g/mol. The molecule has 0 bridgehead atoms. The number of aromatic amines is 1. The van der Waals surface area contributed by atoms with Crippen molar-refractivity contribution in [3.8, 4) is 5.75 Å². The number of alkyl halides is 3. The molecule has 1 atom stereocenters. The molecule has 5 nitrogen and oxygen atoms in total. The fraction of sp³-hybridized carbons (Fsp3) is 0.211. The van der Waals surface area contributed by atoms with E-state index >= 15 is 0 Å². The Labute approximate surface area is 152 Å². The van der Waals surface area contributed by atoms with Crippen LogP contribution in [-0.2, 0) is 0 Å². The van der Waals surface area contributed by atoms with Crippen molar-refractivity contribution in [2.45, 2.75) is 19.1 Å². The first kappa shape index (κ1) is 17.3. The van der Waals surface area contributed by atoms with Crippen LogP contribution >= 0.6 is 0 Å². The minimum atomic E-state index is -4.47. The highest BCUT2D eigenvalue weighted by atomic mass is 19.4. The summed E-state index contributed by atoms with van der Waals surface area (Å²) in [7, 11) is 0. The summed E-state index contributed by atoms with van der Waals surface area (Å²) in [5, 5.41) is 7.12. The van der Waals surface area contributed by atoms with Crippen LogP contribution in [0.3, 0.4) is 0 Å². The van der Waals surface area contributed by atoms with Gasteiger partial charge in [-0.05, 0) is 42.8 Å². The summed E-state index contributed by atoms with van der Waals surface area (Å²) in [6, 6.07) is 5.21. The molecule has 2 aromatic heterocycles.